The van der Waals surface area contributed by atoms with E-state index in [1.54, 1.807) is 7.05 Å². The molecule has 1 aromatic heterocycles. The molecule has 0 saturated heterocycles. The number of nitro groups is 1. The predicted molar refractivity (Wildman–Crippen MR) is 57.0 cm³/mol. The van der Waals surface area contributed by atoms with Gasteiger partial charge in [-0.15, -0.1) is 0 Å². The fourth-order valence-corrected chi connectivity index (χ4v) is 1.75. The van der Waals surface area contributed by atoms with Gasteiger partial charge in [-0.2, -0.15) is 0 Å². The highest BCUT2D eigenvalue weighted by Crippen LogP contribution is 2.23. The van der Waals surface area contributed by atoms with Gasteiger partial charge in [0.25, 0.3) is 5.91 Å². The van der Waals surface area contributed by atoms with Crippen molar-refractivity contribution in [2.24, 2.45) is 5.73 Å². The second kappa shape index (κ2) is 4.85. The maximum absolute atomic E-state index is 11.6. The van der Waals surface area contributed by atoms with Crippen LogP contribution in [0.3, 0.4) is 0 Å². The molecule has 15 heavy (non-hydrogen) atoms. The summed E-state index contributed by atoms with van der Waals surface area (Å²) in [7, 11) is 1.61. The SMILES string of the molecule is CN(CCN)C(=O)c1csc([N+](=O)[O-])c1. The monoisotopic (exact) mass is 229 g/mol. The number of likely N-dealkylation sites (N-methyl/N-ethyl adjacent to an activating group) is 1. The molecule has 0 saturated carbocycles. The molecule has 0 aromatic carbocycles. The van der Waals surface area contributed by atoms with Gasteiger partial charge < -0.3 is 10.6 Å². The number of carbonyl (C=O) groups is 1. The van der Waals surface area contributed by atoms with E-state index in [2.05, 4.69) is 0 Å². The zero-order chi connectivity index (χ0) is 11.4. The summed E-state index contributed by atoms with van der Waals surface area (Å²) in [6.07, 6.45) is 0. The van der Waals surface area contributed by atoms with Gasteiger partial charge in [0.2, 0.25) is 0 Å². The molecule has 82 valence electrons. The van der Waals surface area contributed by atoms with E-state index in [1.165, 1.54) is 16.3 Å². The van der Waals surface area contributed by atoms with Gasteiger partial charge in [-0.3, -0.25) is 14.9 Å². The third kappa shape index (κ3) is 2.74. The number of hydrogen-bond donors (Lipinski definition) is 1. The molecule has 0 unspecified atom stereocenters. The first-order valence-electron chi connectivity index (χ1n) is 4.24. The van der Waals surface area contributed by atoms with Crippen molar-refractivity contribution in [2.75, 3.05) is 20.1 Å². The summed E-state index contributed by atoms with van der Waals surface area (Å²) in [5, 5.41) is 11.9. The molecule has 1 aromatic rings. The minimum atomic E-state index is -0.510. The fourth-order valence-electron chi connectivity index (χ4n) is 1.05. The van der Waals surface area contributed by atoms with Gasteiger partial charge in [-0.1, -0.05) is 11.3 Å². The maximum Gasteiger partial charge on any atom is 0.324 e. The summed E-state index contributed by atoms with van der Waals surface area (Å²) in [5.74, 6) is -0.246. The van der Waals surface area contributed by atoms with E-state index in [0.717, 1.165) is 11.3 Å². The van der Waals surface area contributed by atoms with Crippen LogP contribution in [0.1, 0.15) is 10.4 Å². The van der Waals surface area contributed by atoms with E-state index < -0.39 is 4.92 Å². The molecule has 0 spiro atoms. The second-order valence-corrected chi connectivity index (χ2v) is 3.84. The molecule has 0 aliphatic heterocycles. The van der Waals surface area contributed by atoms with Crippen molar-refractivity contribution in [2.45, 2.75) is 0 Å². The minimum Gasteiger partial charge on any atom is -0.340 e. The highest BCUT2D eigenvalue weighted by Gasteiger charge is 2.17. The Bertz CT molecular complexity index is 377. The van der Waals surface area contributed by atoms with Crippen molar-refractivity contribution in [3.05, 3.63) is 27.1 Å². The normalized spacial score (nSPS) is 10.0. The number of rotatable bonds is 4. The number of carbonyl (C=O) groups excluding carboxylic acids is 1. The van der Waals surface area contributed by atoms with Crippen molar-refractivity contribution in [3.63, 3.8) is 0 Å². The summed E-state index contributed by atoms with van der Waals surface area (Å²) in [6, 6.07) is 1.28. The van der Waals surface area contributed by atoms with E-state index in [9.17, 15) is 14.9 Å². The second-order valence-electron chi connectivity index (χ2n) is 2.95. The first kappa shape index (κ1) is 11.6. The molecule has 7 heteroatoms. The first-order valence-corrected chi connectivity index (χ1v) is 5.12. The van der Waals surface area contributed by atoms with Crippen molar-refractivity contribution in [1.29, 1.82) is 0 Å². The topological polar surface area (TPSA) is 89.5 Å². The smallest absolute Gasteiger partial charge is 0.324 e. The zero-order valence-electron chi connectivity index (χ0n) is 8.17. The van der Waals surface area contributed by atoms with E-state index >= 15 is 0 Å². The Balaban J connectivity index is 2.78. The van der Waals surface area contributed by atoms with Crippen LogP contribution >= 0.6 is 11.3 Å². The van der Waals surface area contributed by atoms with Crippen LogP contribution in [0.25, 0.3) is 0 Å². The molecule has 0 radical (unpaired) electrons. The van der Waals surface area contributed by atoms with Gasteiger partial charge in [-0.05, 0) is 0 Å². The van der Waals surface area contributed by atoms with Crippen LogP contribution in [0.2, 0.25) is 0 Å². The number of thiophene rings is 1. The quantitative estimate of drug-likeness (QED) is 0.607. The van der Waals surface area contributed by atoms with E-state index in [1.807, 2.05) is 0 Å². The molecule has 0 fully saturated rings. The van der Waals surface area contributed by atoms with Crippen LogP contribution in [-0.2, 0) is 0 Å². The van der Waals surface area contributed by atoms with Gasteiger partial charge in [0, 0.05) is 31.6 Å². The third-order valence-corrected chi connectivity index (χ3v) is 2.70. The lowest BCUT2D eigenvalue weighted by atomic mass is 10.3. The fraction of sp³-hybridized carbons (Fsp3) is 0.375. The summed E-state index contributed by atoms with van der Waals surface area (Å²) in [5.41, 5.74) is 5.64. The Labute approximate surface area is 90.4 Å². The summed E-state index contributed by atoms with van der Waals surface area (Å²) in [4.78, 5) is 23.0. The Morgan fingerprint density at radius 3 is 2.87 bits per heavy atom. The standard InChI is InChI=1S/C8H11N3O3S/c1-10(3-2-9)8(12)6-4-7(11(13)14)15-5-6/h4-5H,2-3,9H2,1H3. The zero-order valence-corrected chi connectivity index (χ0v) is 8.99. The van der Waals surface area contributed by atoms with Crippen LogP contribution in [0.5, 0.6) is 0 Å². The predicted octanol–water partition coefficient (Wildman–Crippen LogP) is 0.687. The van der Waals surface area contributed by atoms with Crippen molar-refractivity contribution in [1.82, 2.24) is 4.90 Å². The average molecular weight is 229 g/mol. The molecular formula is C8H11N3O3S. The van der Waals surface area contributed by atoms with Crippen LogP contribution in [-0.4, -0.2) is 35.9 Å². The van der Waals surface area contributed by atoms with Gasteiger partial charge in [0.1, 0.15) is 0 Å². The first-order chi connectivity index (χ1) is 7.06. The maximum atomic E-state index is 11.6. The average Bonchev–Trinajstić information content (AvgIpc) is 2.65. The Kier molecular flexibility index (Phi) is 3.75. The Morgan fingerprint density at radius 1 is 1.73 bits per heavy atom. The highest BCUT2D eigenvalue weighted by atomic mass is 32.1. The van der Waals surface area contributed by atoms with Crippen LogP contribution in [0.15, 0.2) is 11.4 Å². The van der Waals surface area contributed by atoms with Crippen molar-refractivity contribution in [3.8, 4) is 0 Å². The third-order valence-electron chi connectivity index (χ3n) is 1.82. The van der Waals surface area contributed by atoms with E-state index in [4.69, 9.17) is 5.73 Å². The van der Waals surface area contributed by atoms with Crippen molar-refractivity contribution >= 4 is 22.2 Å². The summed E-state index contributed by atoms with van der Waals surface area (Å²) < 4.78 is 0. The van der Waals surface area contributed by atoms with Crippen LogP contribution in [0.4, 0.5) is 5.00 Å². The molecule has 0 aliphatic rings. The molecule has 1 rings (SSSR count). The summed E-state index contributed by atoms with van der Waals surface area (Å²) >= 11 is 0.944. The lowest BCUT2D eigenvalue weighted by molar-refractivity contribution is -0.380. The molecule has 1 heterocycles. The molecule has 1 amide bonds. The van der Waals surface area contributed by atoms with Crippen LogP contribution < -0.4 is 5.73 Å². The van der Waals surface area contributed by atoms with Gasteiger partial charge >= 0.3 is 5.00 Å². The van der Waals surface area contributed by atoms with E-state index in [0.29, 0.717) is 18.7 Å². The van der Waals surface area contributed by atoms with E-state index in [-0.39, 0.29) is 10.9 Å². The van der Waals surface area contributed by atoms with Gasteiger partial charge in [0.05, 0.1) is 10.5 Å². The summed E-state index contributed by atoms with van der Waals surface area (Å²) in [6.45, 7) is 0.803. The van der Waals surface area contributed by atoms with Crippen LogP contribution in [0, 0.1) is 10.1 Å². The van der Waals surface area contributed by atoms with Crippen molar-refractivity contribution < 1.29 is 9.72 Å². The number of nitrogens with two attached hydrogens (primary N) is 1. The molecule has 2 N–H and O–H groups in total. The van der Waals surface area contributed by atoms with Gasteiger partial charge in [-0.25, -0.2) is 0 Å². The number of nitrogens with zero attached hydrogens (tertiary/aromatic N) is 2. The highest BCUT2D eigenvalue weighted by molar-refractivity contribution is 7.13. The van der Waals surface area contributed by atoms with Gasteiger partial charge in [0.15, 0.2) is 0 Å². The Morgan fingerprint density at radius 2 is 2.40 bits per heavy atom. The minimum absolute atomic E-state index is 0.0282. The molecular weight excluding hydrogens is 218 g/mol. The largest absolute Gasteiger partial charge is 0.340 e. The molecule has 0 atom stereocenters. The number of hydrogen-bond acceptors (Lipinski definition) is 5. The molecule has 6 nitrogen and oxygen atoms in total. The number of amides is 1. The lowest BCUT2D eigenvalue weighted by Crippen LogP contribution is -2.31. The molecule has 0 bridgehead atoms. The molecule has 0 aliphatic carbocycles. The Hall–Kier alpha value is -1.47. The lowest BCUT2D eigenvalue weighted by Gasteiger charge is -2.14.